The van der Waals surface area contributed by atoms with Gasteiger partial charge in [-0.15, -0.1) is 0 Å². The summed E-state index contributed by atoms with van der Waals surface area (Å²) < 4.78 is 8.71. The van der Waals surface area contributed by atoms with Gasteiger partial charge in [-0.05, 0) is 0 Å². The molecule has 0 fully saturated rings. The molecule has 1 N–H and O–H groups in total. The van der Waals surface area contributed by atoms with E-state index in [1.165, 1.54) is 7.11 Å². The molecule has 1 aromatic rings. The molecule has 0 aliphatic heterocycles. The zero-order valence-corrected chi connectivity index (χ0v) is 26.3. The van der Waals surface area contributed by atoms with Gasteiger partial charge in [-0.1, -0.05) is 0 Å². The van der Waals surface area contributed by atoms with Crippen molar-refractivity contribution in [1.82, 2.24) is 4.90 Å². The maximum absolute atomic E-state index is 13.6. The van der Waals surface area contributed by atoms with Gasteiger partial charge in [0.1, 0.15) is 0 Å². The van der Waals surface area contributed by atoms with Crippen LogP contribution in [0.2, 0.25) is 13.3 Å². The summed E-state index contributed by atoms with van der Waals surface area (Å²) in [4.78, 5) is 29.0. The fourth-order valence-corrected chi connectivity index (χ4v) is 23.5. The minimum absolute atomic E-state index is 0.148. The van der Waals surface area contributed by atoms with E-state index in [-0.39, 0.29) is 16.4 Å². The van der Waals surface area contributed by atoms with E-state index in [4.69, 9.17) is 4.74 Å². The first-order valence-corrected chi connectivity index (χ1v) is 21.4. The minimum atomic E-state index is -3.20. The van der Waals surface area contributed by atoms with Crippen LogP contribution in [0.3, 0.4) is 0 Å². The van der Waals surface area contributed by atoms with Crippen molar-refractivity contribution in [2.24, 2.45) is 5.41 Å². The predicted molar refractivity (Wildman–Crippen MR) is 148 cm³/mol. The second-order valence-electron chi connectivity index (χ2n) is 11.1. The van der Waals surface area contributed by atoms with Gasteiger partial charge in [0.05, 0.1) is 0 Å². The van der Waals surface area contributed by atoms with Crippen LogP contribution in [0.25, 0.3) is 0 Å². The summed E-state index contributed by atoms with van der Waals surface area (Å²) in [5.74, 6) is 0.187. The number of Topliss-reactive ketones (excluding diaryl/α,β-unsaturated/α-hetero) is 1. The van der Waals surface area contributed by atoms with Gasteiger partial charge in [0.15, 0.2) is 0 Å². The predicted octanol–water partition coefficient (Wildman–Crippen LogP) is 7.55. The van der Waals surface area contributed by atoms with Crippen molar-refractivity contribution in [3.05, 3.63) is 35.9 Å². The van der Waals surface area contributed by atoms with E-state index in [2.05, 4.69) is 20.8 Å². The standard InChI is InChI=1S/C17H24NO4.3C4H9.Sn/c1-17(2,3)15(20)10-11-18(16(21)22-4)14(12-19)13-8-6-5-7-9-13;3*1-3-4-2;/h5-9,11,14,19H,10,12H2,1-4H3;3*1,3-4H2,2H3;/t14-;;;;/m0..../s1. The monoisotopic (exact) mass is 597 g/mol. The number of ketones is 1. The zero-order chi connectivity index (χ0) is 26.5. The Morgan fingerprint density at radius 2 is 1.43 bits per heavy atom. The van der Waals surface area contributed by atoms with Crippen molar-refractivity contribution in [2.45, 2.75) is 110 Å². The van der Waals surface area contributed by atoms with E-state index in [1.807, 2.05) is 56.0 Å². The Bertz CT molecular complexity index is 725. The second kappa shape index (κ2) is 15.9. The fraction of sp³-hybridized carbons (Fsp3) is 0.724. The molecule has 1 aromatic carbocycles. The molecule has 6 heteroatoms. The first kappa shape index (κ1) is 31.9. The topological polar surface area (TPSA) is 66.8 Å². The number of ether oxygens (including phenoxy) is 1. The van der Waals surface area contributed by atoms with Crippen molar-refractivity contribution in [3.8, 4) is 0 Å². The normalized spacial score (nSPS) is 13.8. The van der Waals surface area contributed by atoms with Gasteiger partial charge in [0, 0.05) is 0 Å². The average molecular weight is 596 g/mol. The number of carbonyl (C=O) groups is 2. The zero-order valence-electron chi connectivity index (χ0n) is 23.4. The van der Waals surface area contributed by atoms with Crippen LogP contribution in [0.15, 0.2) is 30.3 Å². The average Bonchev–Trinajstić information content (AvgIpc) is 2.85. The molecule has 0 spiro atoms. The Kier molecular flexibility index (Phi) is 14.5. The molecule has 1 rings (SSSR count). The molecular formula is C29H51NO4Sn. The summed E-state index contributed by atoms with van der Waals surface area (Å²) in [7, 11) is 1.42. The molecule has 200 valence electrons. The third kappa shape index (κ3) is 9.38. The summed E-state index contributed by atoms with van der Waals surface area (Å²) in [6.07, 6.45) is 6.65. The van der Waals surface area contributed by atoms with Crippen LogP contribution in [0, 0.1) is 5.41 Å². The van der Waals surface area contributed by atoms with Crippen molar-refractivity contribution in [3.63, 3.8) is 0 Å². The van der Waals surface area contributed by atoms with Gasteiger partial charge >= 0.3 is 220 Å². The van der Waals surface area contributed by atoms with Gasteiger partial charge in [0.2, 0.25) is 0 Å². The Hall–Kier alpha value is -1.08. The third-order valence-corrected chi connectivity index (χ3v) is 24.4. The van der Waals surface area contributed by atoms with E-state index in [9.17, 15) is 14.7 Å². The molecule has 0 aliphatic rings. The van der Waals surface area contributed by atoms with Crippen LogP contribution in [0.5, 0.6) is 0 Å². The van der Waals surface area contributed by atoms with E-state index in [1.54, 1.807) is 0 Å². The van der Waals surface area contributed by atoms with E-state index >= 15 is 0 Å². The number of nitrogens with zero attached hydrogens (tertiary/aromatic N) is 1. The number of amides is 1. The number of aliphatic hydroxyl groups excluding tert-OH is 1. The molecule has 0 heterocycles. The van der Waals surface area contributed by atoms with Crippen LogP contribution < -0.4 is 0 Å². The molecule has 0 radical (unpaired) electrons. The molecule has 0 aromatic heterocycles. The molecule has 5 nitrogen and oxygen atoms in total. The van der Waals surface area contributed by atoms with E-state index in [0.29, 0.717) is 6.42 Å². The van der Waals surface area contributed by atoms with E-state index < -0.39 is 35.9 Å². The number of rotatable bonds is 16. The number of carbonyl (C=O) groups excluding carboxylic acids is 2. The third-order valence-electron chi connectivity index (χ3n) is 7.42. The summed E-state index contributed by atoms with van der Waals surface area (Å²) in [6, 6.07) is 9.20. The van der Waals surface area contributed by atoms with Crippen molar-refractivity contribution < 1.29 is 19.4 Å². The SMILES string of the molecule is CCC[CH2][Sn]([CH2]CCC)([CH2]CCC)[CH](CC(=O)C(C)(C)C)N(C(=O)OC)[C@@H](CO)c1ccccc1. The summed E-state index contributed by atoms with van der Waals surface area (Å²) in [6.45, 7) is 12.4. The molecule has 0 saturated carbocycles. The van der Waals surface area contributed by atoms with Gasteiger partial charge in [0.25, 0.3) is 0 Å². The van der Waals surface area contributed by atoms with Crippen LogP contribution in [-0.2, 0) is 9.53 Å². The summed E-state index contributed by atoms with van der Waals surface area (Å²) in [5, 5.41) is 10.6. The number of hydrogen-bond acceptors (Lipinski definition) is 4. The number of methoxy groups -OCH3 is 1. The van der Waals surface area contributed by atoms with Gasteiger partial charge in [-0.3, -0.25) is 0 Å². The summed E-state index contributed by atoms with van der Waals surface area (Å²) in [5.41, 5.74) is 0.398. The van der Waals surface area contributed by atoms with Crippen LogP contribution in [0.1, 0.15) is 98.1 Å². The second-order valence-corrected chi connectivity index (χ2v) is 25.0. The Morgan fingerprint density at radius 1 is 0.943 bits per heavy atom. The number of aliphatic hydroxyl groups is 1. The Labute approximate surface area is 218 Å². The number of benzene rings is 1. The van der Waals surface area contributed by atoms with Crippen LogP contribution in [0.4, 0.5) is 4.79 Å². The van der Waals surface area contributed by atoms with E-state index in [0.717, 1.165) is 57.4 Å². The van der Waals surface area contributed by atoms with Crippen molar-refractivity contribution in [2.75, 3.05) is 13.7 Å². The van der Waals surface area contributed by atoms with Gasteiger partial charge in [-0.25, -0.2) is 0 Å². The molecule has 0 bridgehead atoms. The fourth-order valence-electron chi connectivity index (χ4n) is 5.16. The van der Waals surface area contributed by atoms with Crippen LogP contribution >= 0.6 is 0 Å². The van der Waals surface area contributed by atoms with Crippen LogP contribution in [-0.4, -0.2) is 58.0 Å². The first-order chi connectivity index (χ1) is 16.6. The Balaban J connectivity index is 3.82. The molecule has 0 aliphatic carbocycles. The Morgan fingerprint density at radius 3 is 1.80 bits per heavy atom. The molecule has 0 saturated heterocycles. The quantitative estimate of drug-likeness (QED) is 0.200. The van der Waals surface area contributed by atoms with Gasteiger partial charge in [-0.2, -0.15) is 0 Å². The van der Waals surface area contributed by atoms with Gasteiger partial charge < -0.3 is 0 Å². The molecule has 35 heavy (non-hydrogen) atoms. The number of hydrogen-bond donors (Lipinski definition) is 1. The molecule has 1 unspecified atom stereocenters. The maximum atomic E-state index is 13.6. The van der Waals surface area contributed by atoms with Crippen molar-refractivity contribution in [1.29, 1.82) is 0 Å². The van der Waals surface area contributed by atoms with Crippen molar-refractivity contribution >= 4 is 30.3 Å². The molecule has 2 atom stereocenters. The summed E-state index contributed by atoms with van der Waals surface area (Å²) >= 11 is -3.20. The molecule has 1 amide bonds. The number of unbranched alkanes of at least 4 members (excludes halogenated alkanes) is 3. The first-order valence-electron chi connectivity index (χ1n) is 13.7. The molecular weight excluding hydrogens is 545 g/mol.